The number of anilines is 3. The molecule has 0 fully saturated rings. The van der Waals surface area contributed by atoms with Crippen molar-refractivity contribution in [1.82, 2.24) is 9.55 Å². The maximum atomic E-state index is 12.2. The van der Waals surface area contributed by atoms with Gasteiger partial charge in [0.2, 0.25) is 17.4 Å². The lowest BCUT2D eigenvalue weighted by molar-refractivity contribution is 0.233. The number of aliphatic hydroxyl groups excluding tert-OH is 3. The normalized spacial score (nSPS) is 18.1. The number of phenolic OH excluding ortho intramolecular Hbond substituents is 4. The van der Waals surface area contributed by atoms with Crippen LogP contribution < -0.4 is 9.80 Å². The number of aliphatic hydroxyl groups is 3. The molecule has 1 aromatic heterocycles. The third-order valence-electron chi connectivity index (χ3n) is 10.1. The summed E-state index contributed by atoms with van der Waals surface area (Å²) in [7, 11) is 0. The second kappa shape index (κ2) is 12.1. The highest BCUT2D eigenvalue weighted by molar-refractivity contribution is 6.01. The topological polar surface area (TPSA) is 166 Å². The van der Waals surface area contributed by atoms with Gasteiger partial charge >= 0.3 is 0 Å². The first-order valence-electron chi connectivity index (χ1n) is 16.7. The summed E-state index contributed by atoms with van der Waals surface area (Å²) in [5.41, 5.74) is 2.88. The molecule has 7 N–H and O–H groups in total. The molecule has 5 aromatic rings. The molecule has 0 radical (unpaired) electrons. The third kappa shape index (κ3) is 4.28. The molecule has 0 bridgehead atoms. The summed E-state index contributed by atoms with van der Waals surface area (Å²) >= 11 is 0. The van der Waals surface area contributed by atoms with Crippen LogP contribution in [-0.4, -0.2) is 51.9 Å². The fraction of sp³-hybridized carbons (Fsp3) is 0.195. The number of fused-ring (bicyclic) bond motifs is 6. The molecule has 52 heavy (non-hydrogen) atoms. The molecular weight excluding hydrogens is 660 g/mol. The van der Waals surface area contributed by atoms with E-state index in [1.54, 1.807) is 4.57 Å². The summed E-state index contributed by atoms with van der Waals surface area (Å²) in [4.78, 5) is 9.13. The maximum absolute atomic E-state index is 12.2. The van der Waals surface area contributed by atoms with E-state index in [0.29, 0.717) is 34.9 Å². The molecule has 1 unspecified atom stereocenters. The molecule has 0 saturated heterocycles. The molecule has 2 aliphatic rings. The average Bonchev–Trinajstić information content (AvgIpc) is 3.67. The van der Waals surface area contributed by atoms with Gasteiger partial charge in [-0.05, 0) is 74.6 Å². The number of allylic oxidation sites excluding steroid dienone is 2. The minimum absolute atomic E-state index is 0.106. The van der Waals surface area contributed by atoms with Crippen LogP contribution in [0.4, 0.5) is 17.3 Å². The third-order valence-corrected chi connectivity index (χ3v) is 10.1. The van der Waals surface area contributed by atoms with Crippen molar-refractivity contribution in [2.45, 2.75) is 46.7 Å². The molecule has 0 saturated carbocycles. The minimum Gasteiger partial charge on any atom is -0.506 e. The number of phenols is 4. The number of aromatic hydroxyl groups is 4. The van der Waals surface area contributed by atoms with E-state index in [9.17, 15) is 35.7 Å². The van der Waals surface area contributed by atoms with Crippen molar-refractivity contribution in [3.8, 4) is 35.3 Å². The van der Waals surface area contributed by atoms with Gasteiger partial charge in [0.1, 0.15) is 12.4 Å². The van der Waals surface area contributed by atoms with Crippen LogP contribution in [-0.2, 0) is 5.66 Å². The van der Waals surface area contributed by atoms with E-state index in [1.807, 2.05) is 111 Å². The molecule has 11 nitrogen and oxygen atoms in total. The van der Waals surface area contributed by atoms with Gasteiger partial charge in [0.05, 0.1) is 27.9 Å². The molecule has 0 amide bonds. The van der Waals surface area contributed by atoms with Gasteiger partial charge < -0.3 is 35.7 Å². The Labute approximate surface area is 300 Å². The summed E-state index contributed by atoms with van der Waals surface area (Å²) in [6.45, 7) is 8.86. The molecule has 1 aliphatic heterocycles. The SMILES string of the molecule is C#CC1=C(/C(O)=C(/O)CO)c2c(O)c(O)c(O)c(O)c2C12N(c1ccccc1C)/C(=C(\C)CC)N(c1c(C)cccc1C)c1nc3ccccc3n12. The van der Waals surface area contributed by atoms with E-state index in [0.717, 1.165) is 28.0 Å². The zero-order valence-electron chi connectivity index (χ0n) is 29.3. The summed E-state index contributed by atoms with van der Waals surface area (Å²) in [6, 6.07) is 20.7. The lowest BCUT2D eigenvalue weighted by atomic mass is 9.88. The molecule has 1 spiro atoms. The zero-order chi connectivity index (χ0) is 37.4. The maximum Gasteiger partial charge on any atom is 0.219 e. The van der Waals surface area contributed by atoms with Crippen LogP contribution in [0.1, 0.15) is 48.1 Å². The van der Waals surface area contributed by atoms with Crippen molar-refractivity contribution in [3.63, 3.8) is 0 Å². The highest BCUT2D eigenvalue weighted by atomic mass is 16.3. The smallest absolute Gasteiger partial charge is 0.219 e. The van der Waals surface area contributed by atoms with Crippen molar-refractivity contribution in [2.24, 2.45) is 0 Å². The molecule has 2 heterocycles. The molecular formula is C41H38N4O7. The minimum atomic E-state index is -2.01. The number of rotatable bonds is 5. The van der Waals surface area contributed by atoms with Gasteiger partial charge in [0.15, 0.2) is 28.7 Å². The zero-order valence-corrected chi connectivity index (χ0v) is 29.3. The highest BCUT2D eigenvalue weighted by Gasteiger charge is 2.62. The summed E-state index contributed by atoms with van der Waals surface area (Å²) < 4.78 is 1.78. The lowest BCUT2D eigenvalue weighted by Gasteiger charge is -2.54. The van der Waals surface area contributed by atoms with Gasteiger partial charge in [-0.15, -0.1) is 6.42 Å². The van der Waals surface area contributed by atoms with E-state index in [4.69, 9.17) is 11.4 Å². The van der Waals surface area contributed by atoms with Crippen LogP contribution in [0.15, 0.2) is 95.2 Å². The monoisotopic (exact) mass is 698 g/mol. The molecule has 11 heteroatoms. The van der Waals surface area contributed by atoms with E-state index < -0.39 is 46.8 Å². The van der Waals surface area contributed by atoms with E-state index >= 15 is 0 Å². The summed E-state index contributed by atoms with van der Waals surface area (Å²) in [5, 5.41) is 78.7. The Hall–Kier alpha value is -6.51. The van der Waals surface area contributed by atoms with Gasteiger partial charge in [-0.1, -0.05) is 61.4 Å². The fourth-order valence-corrected chi connectivity index (χ4v) is 7.72. The molecule has 4 aromatic carbocycles. The first-order chi connectivity index (χ1) is 24.9. The van der Waals surface area contributed by atoms with Gasteiger partial charge in [-0.25, -0.2) is 4.98 Å². The highest BCUT2D eigenvalue weighted by Crippen LogP contribution is 2.66. The lowest BCUT2D eigenvalue weighted by Crippen LogP contribution is -2.59. The number of nitrogens with zero attached hydrogens (tertiary/aromatic N) is 4. The molecule has 1 aliphatic carbocycles. The summed E-state index contributed by atoms with van der Waals surface area (Å²) in [5.74, 6) is -2.04. The average molecular weight is 699 g/mol. The standard InChI is InChI=1S/C41H38N4O7/c1-7-21(3)39-43(33-23(5)15-13-16-24(33)6)40-42-26-17-10-12-19-28(26)45(40)41(44(39)27-18-11-9-14-22(27)4)25(8-2)30(34(48)29(47)20-46)31-32(41)36(50)38(52)37(51)35(31)49/h2,9-19,46-52H,7,20H2,1,3-6H3/b34-29-,39-21+. The van der Waals surface area contributed by atoms with Crippen molar-refractivity contribution < 1.29 is 35.7 Å². The Morgan fingerprint density at radius 2 is 1.44 bits per heavy atom. The predicted octanol–water partition coefficient (Wildman–Crippen LogP) is 7.51. The first kappa shape index (κ1) is 34.0. The van der Waals surface area contributed by atoms with E-state index in [2.05, 4.69) is 5.92 Å². The Morgan fingerprint density at radius 3 is 2.08 bits per heavy atom. The number of hydrogen-bond donors (Lipinski definition) is 7. The second-order valence-electron chi connectivity index (χ2n) is 13.1. The number of aromatic nitrogens is 2. The number of terminal acetylenes is 1. The van der Waals surface area contributed by atoms with Gasteiger partial charge in [-0.3, -0.25) is 14.4 Å². The van der Waals surface area contributed by atoms with E-state index in [1.165, 1.54) is 0 Å². The van der Waals surface area contributed by atoms with Crippen molar-refractivity contribution in [3.05, 3.63) is 123 Å². The van der Waals surface area contributed by atoms with Gasteiger partial charge in [0.25, 0.3) is 0 Å². The Bertz CT molecular complexity index is 2460. The van der Waals surface area contributed by atoms with Crippen LogP contribution in [0.25, 0.3) is 16.6 Å². The summed E-state index contributed by atoms with van der Waals surface area (Å²) in [6.07, 6.45) is 7.02. The molecule has 1 atom stereocenters. The largest absolute Gasteiger partial charge is 0.506 e. The second-order valence-corrected chi connectivity index (χ2v) is 13.1. The van der Waals surface area contributed by atoms with Crippen LogP contribution >= 0.6 is 0 Å². The van der Waals surface area contributed by atoms with Crippen molar-refractivity contribution in [1.29, 1.82) is 0 Å². The number of aryl methyl sites for hydroxylation is 3. The van der Waals surface area contributed by atoms with Crippen LogP contribution in [0, 0.1) is 33.1 Å². The van der Waals surface area contributed by atoms with Crippen LogP contribution in [0.5, 0.6) is 23.0 Å². The Morgan fingerprint density at radius 1 is 0.827 bits per heavy atom. The van der Waals surface area contributed by atoms with Crippen molar-refractivity contribution >= 4 is 33.9 Å². The Balaban J connectivity index is 1.88. The predicted molar refractivity (Wildman–Crippen MR) is 200 cm³/mol. The van der Waals surface area contributed by atoms with Gasteiger partial charge in [-0.2, -0.15) is 0 Å². The molecule has 264 valence electrons. The van der Waals surface area contributed by atoms with Gasteiger partial charge in [0, 0.05) is 16.8 Å². The van der Waals surface area contributed by atoms with Crippen LogP contribution in [0.2, 0.25) is 0 Å². The van der Waals surface area contributed by atoms with Crippen LogP contribution in [0.3, 0.4) is 0 Å². The quantitative estimate of drug-likeness (QED) is 0.0423. The van der Waals surface area contributed by atoms with E-state index in [-0.39, 0.29) is 22.3 Å². The molecule has 7 rings (SSSR count). The number of imidazole rings is 1. The number of hydrogen-bond acceptors (Lipinski definition) is 10. The fourth-order valence-electron chi connectivity index (χ4n) is 7.72. The number of para-hydroxylation sites is 4. The Kier molecular flexibility index (Phi) is 7.88. The first-order valence-corrected chi connectivity index (χ1v) is 16.7. The van der Waals surface area contributed by atoms with Crippen molar-refractivity contribution in [2.75, 3.05) is 16.4 Å². The number of benzene rings is 4.